The molecule has 0 radical (unpaired) electrons. The van der Waals surface area contributed by atoms with Crippen LogP contribution in [0.2, 0.25) is 0 Å². The van der Waals surface area contributed by atoms with Crippen molar-refractivity contribution in [3.05, 3.63) is 59.4 Å². The minimum Gasteiger partial charge on any atom is -0.478 e. The van der Waals surface area contributed by atoms with Crippen molar-refractivity contribution in [3.63, 3.8) is 0 Å². The topological polar surface area (TPSA) is 49.3 Å². The van der Waals surface area contributed by atoms with Crippen molar-refractivity contribution in [2.75, 3.05) is 5.32 Å². The van der Waals surface area contributed by atoms with E-state index in [0.29, 0.717) is 0 Å². The molecule has 0 aromatic heterocycles. The highest BCUT2D eigenvalue weighted by molar-refractivity contribution is 5.88. The summed E-state index contributed by atoms with van der Waals surface area (Å²) in [6.07, 6.45) is 0.946. The highest BCUT2D eigenvalue weighted by Crippen LogP contribution is 2.21. The van der Waals surface area contributed by atoms with Gasteiger partial charge >= 0.3 is 5.97 Å². The Balaban J connectivity index is 2.20. The molecule has 0 saturated carbocycles. The summed E-state index contributed by atoms with van der Waals surface area (Å²) in [7, 11) is 0. The van der Waals surface area contributed by atoms with E-state index in [1.807, 2.05) is 24.3 Å². The van der Waals surface area contributed by atoms with Crippen LogP contribution in [0, 0.1) is 5.82 Å². The molecule has 4 heteroatoms. The smallest absolute Gasteiger partial charge is 0.335 e. The average molecular weight is 259 g/mol. The van der Waals surface area contributed by atoms with Crippen LogP contribution in [-0.4, -0.2) is 11.1 Å². The zero-order valence-electron chi connectivity index (χ0n) is 10.5. The SMILES string of the molecule is CCc1ccc(Nc2ccc(C(=O)O)cc2F)cc1. The number of hydrogen-bond acceptors (Lipinski definition) is 2. The number of aryl methyl sites for hydroxylation is 1. The molecule has 0 aliphatic rings. The quantitative estimate of drug-likeness (QED) is 0.877. The zero-order chi connectivity index (χ0) is 13.8. The fourth-order valence-electron chi connectivity index (χ4n) is 1.73. The molecule has 3 nitrogen and oxygen atoms in total. The molecule has 2 N–H and O–H groups in total. The van der Waals surface area contributed by atoms with Gasteiger partial charge in [-0.15, -0.1) is 0 Å². The molecule has 0 fully saturated rings. The molecule has 2 rings (SSSR count). The lowest BCUT2D eigenvalue weighted by molar-refractivity contribution is 0.0696. The molecule has 0 heterocycles. The monoisotopic (exact) mass is 259 g/mol. The van der Waals surface area contributed by atoms with Gasteiger partial charge in [-0.25, -0.2) is 9.18 Å². The van der Waals surface area contributed by atoms with E-state index in [-0.39, 0.29) is 11.3 Å². The number of carboxylic acids is 1. The molecular weight excluding hydrogens is 245 g/mol. The first-order valence-corrected chi connectivity index (χ1v) is 5.99. The van der Waals surface area contributed by atoms with Crippen LogP contribution in [0.1, 0.15) is 22.8 Å². The second-order valence-corrected chi connectivity index (χ2v) is 4.18. The average Bonchev–Trinajstić information content (AvgIpc) is 2.41. The molecule has 0 aliphatic heterocycles. The molecule has 0 spiro atoms. The fourth-order valence-corrected chi connectivity index (χ4v) is 1.73. The van der Waals surface area contributed by atoms with Crippen molar-refractivity contribution >= 4 is 17.3 Å². The summed E-state index contributed by atoms with van der Waals surface area (Å²) in [6, 6.07) is 11.5. The van der Waals surface area contributed by atoms with Gasteiger partial charge in [0.2, 0.25) is 0 Å². The van der Waals surface area contributed by atoms with E-state index >= 15 is 0 Å². The van der Waals surface area contributed by atoms with Crippen molar-refractivity contribution < 1.29 is 14.3 Å². The molecule has 98 valence electrons. The van der Waals surface area contributed by atoms with E-state index in [0.717, 1.165) is 18.2 Å². The van der Waals surface area contributed by atoms with Gasteiger partial charge in [-0.2, -0.15) is 0 Å². The lowest BCUT2D eigenvalue weighted by Crippen LogP contribution is -2.00. The Morgan fingerprint density at radius 3 is 2.42 bits per heavy atom. The molecule has 0 amide bonds. The van der Waals surface area contributed by atoms with Gasteiger partial charge in [0, 0.05) is 5.69 Å². The summed E-state index contributed by atoms with van der Waals surface area (Å²) in [5, 5.41) is 11.7. The molecule has 0 bridgehead atoms. The zero-order valence-corrected chi connectivity index (χ0v) is 10.5. The highest BCUT2D eigenvalue weighted by Gasteiger charge is 2.08. The van der Waals surface area contributed by atoms with Crippen molar-refractivity contribution in [2.45, 2.75) is 13.3 Å². The van der Waals surface area contributed by atoms with Crippen molar-refractivity contribution in [3.8, 4) is 0 Å². The van der Waals surface area contributed by atoms with Crippen LogP contribution in [-0.2, 0) is 6.42 Å². The van der Waals surface area contributed by atoms with Crippen LogP contribution in [0.25, 0.3) is 0 Å². The van der Waals surface area contributed by atoms with Gasteiger partial charge in [-0.1, -0.05) is 19.1 Å². The molecule has 2 aromatic carbocycles. The largest absolute Gasteiger partial charge is 0.478 e. The molecule has 19 heavy (non-hydrogen) atoms. The normalized spacial score (nSPS) is 10.2. The van der Waals surface area contributed by atoms with Crippen LogP contribution in [0.5, 0.6) is 0 Å². The highest BCUT2D eigenvalue weighted by atomic mass is 19.1. The van der Waals surface area contributed by atoms with Crippen LogP contribution in [0.3, 0.4) is 0 Å². The predicted octanol–water partition coefficient (Wildman–Crippen LogP) is 3.83. The number of anilines is 2. The first kappa shape index (κ1) is 13.1. The summed E-state index contributed by atoms with van der Waals surface area (Å²) < 4.78 is 13.7. The summed E-state index contributed by atoms with van der Waals surface area (Å²) in [5.74, 6) is -1.72. The Hall–Kier alpha value is -2.36. The van der Waals surface area contributed by atoms with Crippen LogP contribution < -0.4 is 5.32 Å². The van der Waals surface area contributed by atoms with Gasteiger partial charge in [-0.3, -0.25) is 0 Å². The molecule has 0 unspecified atom stereocenters. The van der Waals surface area contributed by atoms with E-state index in [1.54, 1.807) is 0 Å². The minimum atomic E-state index is -1.14. The van der Waals surface area contributed by atoms with Gasteiger partial charge in [0.1, 0.15) is 5.82 Å². The minimum absolute atomic E-state index is 0.0654. The van der Waals surface area contributed by atoms with E-state index in [1.165, 1.54) is 17.7 Å². The fraction of sp³-hybridized carbons (Fsp3) is 0.133. The predicted molar refractivity (Wildman–Crippen MR) is 72.5 cm³/mol. The molecule has 0 atom stereocenters. The maximum absolute atomic E-state index is 13.7. The maximum Gasteiger partial charge on any atom is 0.335 e. The first-order valence-electron chi connectivity index (χ1n) is 5.99. The van der Waals surface area contributed by atoms with E-state index in [9.17, 15) is 9.18 Å². The summed E-state index contributed by atoms with van der Waals surface area (Å²) in [4.78, 5) is 10.7. The second kappa shape index (κ2) is 5.52. The Labute approximate surface area is 110 Å². The van der Waals surface area contributed by atoms with Gasteiger partial charge < -0.3 is 10.4 Å². The van der Waals surface area contributed by atoms with Crippen LogP contribution in [0.4, 0.5) is 15.8 Å². The number of nitrogens with one attached hydrogen (secondary N) is 1. The van der Waals surface area contributed by atoms with Crippen LogP contribution >= 0.6 is 0 Å². The third-order valence-electron chi connectivity index (χ3n) is 2.86. The number of halogens is 1. The molecule has 0 saturated heterocycles. The van der Waals surface area contributed by atoms with Gasteiger partial charge in [0.15, 0.2) is 0 Å². The Kier molecular flexibility index (Phi) is 3.80. The summed E-state index contributed by atoms with van der Waals surface area (Å²) in [6.45, 7) is 2.06. The van der Waals surface area contributed by atoms with E-state index < -0.39 is 11.8 Å². The van der Waals surface area contributed by atoms with Gasteiger partial charge in [-0.05, 0) is 42.3 Å². The lowest BCUT2D eigenvalue weighted by Gasteiger charge is -2.08. The van der Waals surface area contributed by atoms with Crippen molar-refractivity contribution in [2.24, 2.45) is 0 Å². The Morgan fingerprint density at radius 1 is 1.21 bits per heavy atom. The molecule has 2 aromatic rings. The summed E-state index contributed by atoms with van der Waals surface area (Å²) in [5.41, 5.74) is 2.16. The number of carboxylic acid groups (broad SMARTS) is 1. The third-order valence-corrected chi connectivity index (χ3v) is 2.86. The van der Waals surface area contributed by atoms with Crippen LogP contribution in [0.15, 0.2) is 42.5 Å². The number of rotatable bonds is 4. The second-order valence-electron chi connectivity index (χ2n) is 4.18. The molecule has 0 aliphatic carbocycles. The number of benzene rings is 2. The number of hydrogen-bond donors (Lipinski definition) is 2. The lowest BCUT2D eigenvalue weighted by atomic mass is 10.1. The standard InChI is InChI=1S/C15H14FNO2/c1-2-10-3-6-12(7-4-10)17-14-8-5-11(15(18)19)9-13(14)16/h3-9,17H,2H2,1H3,(H,18,19). The van der Waals surface area contributed by atoms with Crippen molar-refractivity contribution in [1.29, 1.82) is 0 Å². The first-order chi connectivity index (χ1) is 9.10. The van der Waals surface area contributed by atoms with Gasteiger partial charge in [0.25, 0.3) is 0 Å². The number of aromatic carboxylic acids is 1. The Morgan fingerprint density at radius 2 is 1.89 bits per heavy atom. The Bertz CT molecular complexity index is 594. The van der Waals surface area contributed by atoms with E-state index in [4.69, 9.17) is 5.11 Å². The molecular formula is C15H14FNO2. The van der Waals surface area contributed by atoms with E-state index in [2.05, 4.69) is 12.2 Å². The summed E-state index contributed by atoms with van der Waals surface area (Å²) >= 11 is 0. The maximum atomic E-state index is 13.7. The van der Waals surface area contributed by atoms with Crippen molar-refractivity contribution in [1.82, 2.24) is 0 Å². The number of carbonyl (C=O) groups is 1. The third kappa shape index (κ3) is 3.10. The van der Waals surface area contributed by atoms with Gasteiger partial charge in [0.05, 0.1) is 11.3 Å².